The maximum atomic E-state index is 12.5. The fraction of sp³-hybridized carbons (Fsp3) is 0.375. The highest BCUT2D eigenvalue weighted by Crippen LogP contribution is 2.33. The Morgan fingerprint density at radius 2 is 2.24 bits per heavy atom. The number of nitrogens with two attached hydrogens (primary N) is 1. The molecule has 3 rings (SSSR count). The van der Waals surface area contributed by atoms with Gasteiger partial charge in [-0.2, -0.15) is 0 Å². The zero-order valence-corrected chi connectivity index (χ0v) is 12.2. The Morgan fingerprint density at radius 3 is 2.90 bits per heavy atom. The third kappa shape index (κ3) is 2.91. The van der Waals surface area contributed by atoms with Crippen LogP contribution < -0.4 is 16.2 Å². The smallest absolute Gasteiger partial charge is 0.293 e. The van der Waals surface area contributed by atoms with Crippen molar-refractivity contribution in [3.05, 3.63) is 52.6 Å². The van der Waals surface area contributed by atoms with E-state index in [9.17, 15) is 4.79 Å². The first kappa shape index (κ1) is 13.7. The van der Waals surface area contributed by atoms with Crippen LogP contribution in [0.3, 0.4) is 0 Å². The van der Waals surface area contributed by atoms with Crippen LogP contribution in [0.2, 0.25) is 0 Å². The molecule has 21 heavy (non-hydrogen) atoms. The number of hydrogen-bond acceptors (Lipinski definition) is 4. The maximum absolute atomic E-state index is 12.5. The van der Waals surface area contributed by atoms with Crippen LogP contribution in [0.15, 0.2) is 41.5 Å². The Kier molecular flexibility index (Phi) is 3.64. The second kappa shape index (κ2) is 5.60. The van der Waals surface area contributed by atoms with Gasteiger partial charge in [0.15, 0.2) is 5.82 Å². The molecule has 2 aromatic rings. The zero-order chi connectivity index (χ0) is 14.8. The Morgan fingerprint density at radius 1 is 1.43 bits per heavy atom. The van der Waals surface area contributed by atoms with Crippen LogP contribution in [0.5, 0.6) is 0 Å². The Balaban J connectivity index is 1.89. The molecule has 1 heterocycles. The summed E-state index contributed by atoms with van der Waals surface area (Å²) in [5, 5.41) is 0. The molecular weight excluding hydrogens is 264 g/mol. The highest BCUT2D eigenvalue weighted by atomic mass is 16.1. The minimum Gasteiger partial charge on any atom is -0.399 e. The first-order valence-corrected chi connectivity index (χ1v) is 7.35. The van der Waals surface area contributed by atoms with Crippen molar-refractivity contribution in [2.75, 3.05) is 17.2 Å². The van der Waals surface area contributed by atoms with Crippen molar-refractivity contribution < 1.29 is 0 Å². The van der Waals surface area contributed by atoms with E-state index in [2.05, 4.69) is 4.98 Å². The van der Waals surface area contributed by atoms with Gasteiger partial charge in [-0.1, -0.05) is 12.1 Å². The first-order chi connectivity index (χ1) is 10.2. The molecule has 1 fully saturated rings. The highest BCUT2D eigenvalue weighted by Gasteiger charge is 2.26. The van der Waals surface area contributed by atoms with Crippen LogP contribution in [0, 0.1) is 0 Å². The van der Waals surface area contributed by atoms with Gasteiger partial charge in [0.2, 0.25) is 0 Å². The summed E-state index contributed by atoms with van der Waals surface area (Å²) in [6.45, 7) is 3.39. The van der Waals surface area contributed by atoms with Crippen molar-refractivity contribution in [2.45, 2.75) is 32.4 Å². The lowest BCUT2D eigenvalue weighted by Gasteiger charge is -2.22. The second-order valence-electron chi connectivity index (χ2n) is 5.45. The van der Waals surface area contributed by atoms with Crippen molar-refractivity contribution >= 4 is 11.5 Å². The summed E-state index contributed by atoms with van der Waals surface area (Å²) in [4.78, 5) is 18.8. The molecular formula is C16H20N4O. The summed E-state index contributed by atoms with van der Waals surface area (Å²) in [6, 6.07) is 8.11. The Bertz CT molecular complexity index is 691. The molecule has 5 heteroatoms. The first-order valence-electron chi connectivity index (χ1n) is 7.35. The summed E-state index contributed by atoms with van der Waals surface area (Å²) in [5.74, 6) is 0.523. The predicted octanol–water partition coefficient (Wildman–Crippen LogP) is 2.19. The van der Waals surface area contributed by atoms with Crippen molar-refractivity contribution in [2.24, 2.45) is 0 Å². The van der Waals surface area contributed by atoms with Crippen molar-refractivity contribution in [1.29, 1.82) is 0 Å². The molecule has 0 atom stereocenters. The third-order valence-electron chi connectivity index (χ3n) is 3.80. The van der Waals surface area contributed by atoms with E-state index in [4.69, 9.17) is 5.73 Å². The SMILES string of the molecule is CCN(Cc1cccc(N)c1)c1nccn(C2CC2)c1=O. The molecule has 0 bridgehead atoms. The predicted molar refractivity (Wildman–Crippen MR) is 84.3 cm³/mol. The lowest BCUT2D eigenvalue weighted by molar-refractivity contribution is 0.683. The quantitative estimate of drug-likeness (QED) is 0.855. The van der Waals surface area contributed by atoms with Gasteiger partial charge in [0, 0.05) is 37.2 Å². The molecule has 0 unspecified atom stereocenters. The molecule has 0 aliphatic heterocycles. The zero-order valence-electron chi connectivity index (χ0n) is 12.2. The molecule has 110 valence electrons. The monoisotopic (exact) mass is 284 g/mol. The number of hydrogen-bond donors (Lipinski definition) is 1. The molecule has 1 saturated carbocycles. The summed E-state index contributed by atoms with van der Waals surface area (Å²) in [7, 11) is 0. The molecule has 2 N–H and O–H groups in total. The van der Waals surface area contributed by atoms with Gasteiger partial charge in [-0.05, 0) is 37.5 Å². The third-order valence-corrected chi connectivity index (χ3v) is 3.80. The average Bonchev–Trinajstić information content (AvgIpc) is 3.30. The number of nitrogen functional groups attached to an aromatic ring is 1. The van der Waals surface area contributed by atoms with E-state index in [1.54, 1.807) is 12.4 Å². The van der Waals surface area contributed by atoms with Crippen LogP contribution in [-0.2, 0) is 6.54 Å². The highest BCUT2D eigenvalue weighted by molar-refractivity contribution is 5.43. The molecule has 0 saturated heterocycles. The molecule has 0 amide bonds. The van der Waals surface area contributed by atoms with E-state index < -0.39 is 0 Å². The van der Waals surface area contributed by atoms with Crippen molar-refractivity contribution in [1.82, 2.24) is 9.55 Å². The summed E-state index contributed by atoms with van der Waals surface area (Å²) in [6.07, 6.45) is 5.68. The van der Waals surface area contributed by atoms with Gasteiger partial charge in [-0.25, -0.2) is 4.98 Å². The van der Waals surface area contributed by atoms with Crippen LogP contribution >= 0.6 is 0 Å². The fourth-order valence-corrected chi connectivity index (χ4v) is 2.52. The minimum absolute atomic E-state index is 0.00533. The van der Waals surface area contributed by atoms with E-state index in [0.29, 0.717) is 18.4 Å². The minimum atomic E-state index is 0.00533. The van der Waals surface area contributed by atoms with Gasteiger partial charge < -0.3 is 15.2 Å². The van der Waals surface area contributed by atoms with Crippen molar-refractivity contribution in [3.8, 4) is 0 Å². The lowest BCUT2D eigenvalue weighted by atomic mass is 10.2. The van der Waals surface area contributed by atoms with Gasteiger partial charge in [0.25, 0.3) is 5.56 Å². The Hall–Kier alpha value is -2.30. The molecule has 0 spiro atoms. The molecule has 1 aliphatic carbocycles. The molecule has 1 aliphatic rings. The van der Waals surface area contributed by atoms with Gasteiger partial charge in [0.1, 0.15) is 0 Å². The summed E-state index contributed by atoms with van der Waals surface area (Å²) < 4.78 is 1.81. The number of benzene rings is 1. The molecule has 5 nitrogen and oxygen atoms in total. The standard InChI is InChI=1S/C16H20N4O/c1-2-19(11-12-4-3-5-13(17)10-12)15-16(21)20(9-8-18-15)14-6-7-14/h3-5,8-10,14H,2,6-7,11,17H2,1H3. The van der Waals surface area contributed by atoms with E-state index in [-0.39, 0.29) is 5.56 Å². The van der Waals surface area contributed by atoms with E-state index >= 15 is 0 Å². The number of nitrogens with zero attached hydrogens (tertiary/aromatic N) is 3. The van der Waals surface area contributed by atoms with Gasteiger partial charge >= 0.3 is 0 Å². The summed E-state index contributed by atoms with van der Waals surface area (Å²) in [5.41, 5.74) is 7.64. The molecule has 1 aromatic heterocycles. The van der Waals surface area contributed by atoms with Crippen LogP contribution in [0.1, 0.15) is 31.4 Å². The van der Waals surface area contributed by atoms with Gasteiger partial charge in [-0.3, -0.25) is 4.79 Å². The normalized spacial score (nSPS) is 14.1. The Labute approximate surface area is 124 Å². The van der Waals surface area contributed by atoms with E-state index in [0.717, 1.165) is 30.6 Å². The van der Waals surface area contributed by atoms with Gasteiger partial charge in [-0.15, -0.1) is 0 Å². The average molecular weight is 284 g/mol. The maximum Gasteiger partial charge on any atom is 0.293 e. The van der Waals surface area contributed by atoms with Crippen molar-refractivity contribution in [3.63, 3.8) is 0 Å². The number of aromatic nitrogens is 2. The molecule has 0 radical (unpaired) electrons. The summed E-state index contributed by atoms with van der Waals surface area (Å²) >= 11 is 0. The van der Waals surface area contributed by atoms with Crippen LogP contribution in [-0.4, -0.2) is 16.1 Å². The van der Waals surface area contributed by atoms with Crippen LogP contribution in [0.25, 0.3) is 0 Å². The number of rotatable bonds is 5. The molecule has 1 aromatic carbocycles. The lowest BCUT2D eigenvalue weighted by Crippen LogP contribution is -2.32. The second-order valence-corrected chi connectivity index (χ2v) is 5.45. The van der Waals surface area contributed by atoms with Crippen LogP contribution in [0.4, 0.5) is 11.5 Å². The fourth-order valence-electron chi connectivity index (χ4n) is 2.52. The topological polar surface area (TPSA) is 64.2 Å². The van der Waals surface area contributed by atoms with Gasteiger partial charge in [0.05, 0.1) is 0 Å². The van der Waals surface area contributed by atoms with E-state index in [1.165, 1.54) is 0 Å². The van der Waals surface area contributed by atoms with E-state index in [1.807, 2.05) is 40.7 Å². The largest absolute Gasteiger partial charge is 0.399 e. The number of anilines is 2.